The van der Waals surface area contributed by atoms with Crippen LogP contribution in [0.25, 0.3) is 0 Å². The molecule has 0 saturated carbocycles. The van der Waals surface area contributed by atoms with Crippen LogP contribution in [0, 0.1) is 13.8 Å². The summed E-state index contributed by atoms with van der Waals surface area (Å²) in [6, 6.07) is 12.0. The number of amides is 2. The number of aryl methyl sites for hydroxylation is 2. The van der Waals surface area contributed by atoms with Gasteiger partial charge >= 0.3 is 12.0 Å². The highest BCUT2D eigenvalue weighted by Crippen LogP contribution is 2.35. The van der Waals surface area contributed by atoms with E-state index in [1.807, 2.05) is 39.0 Å². The molecule has 2 aromatic carbocycles. The van der Waals surface area contributed by atoms with E-state index in [-0.39, 0.29) is 19.2 Å². The Kier molecular flexibility index (Phi) is 7.23. The third kappa shape index (κ3) is 5.02. The van der Waals surface area contributed by atoms with Crippen molar-refractivity contribution < 1.29 is 19.1 Å². The van der Waals surface area contributed by atoms with Crippen LogP contribution in [0.1, 0.15) is 36.6 Å². The molecular weight excluding hydrogens is 416 g/mol. The average molecular weight is 443 g/mol. The van der Waals surface area contributed by atoms with Crippen molar-refractivity contribution in [3.05, 3.63) is 75.4 Å². The van der Waals surface area contributed by atoms with Crippen molar-refractivity contribution in [2.24, 2.45) is 0 Å². The Morgan fingerprint density at radius 3 is 2.42 bits per heavy atom. The van der Waals surface area contributed by atoms with E-state index in [0.29, 0.717) is 34.2 Å². The van der Waals surface area contributed by atoms with Crippen LogP contribution in [0.5, 0.6) is 5.75 Å². The van der Waals surface area contributed by atoms with Gasteiger partial charge in [0.2, 0.25) is 0 Å². The Balaban J connectivity index is 2.09. The lowest BCUT2D eigenvalue weighted by atomic mass is 9.94. The number of rotatable bonds is 7. The van der Waals surface area contributed by atoms with Crippen LogP contribution >= 0.6 is 11.6 Å². The molecule has 7 heteroatoms. The number of nitrogens with zero attached hydrogens (tertiary/aromatic N) is 1. The Labute approximate surface area is 187 Å². The first kappa shape index (κ1) is 22.7. The molecule has 6 nitrogen and oxygen atoms in total. The van der Waals surface area contributed by atoms with Crippen molar-refractivity contribution in [1.29, 1.82) is 0 Å². The maximum atomic E-state index is 13.0. The van der Waals surface area contributed by atoms with E-state index < -0.39 is 12.0 Å². The predicted octanol–water partition coefficient (Wildman–Crippen LogP) is 4.94. The first-order valence-electron chi connectivity index (χ1n) is 10.3. The number of likely N-dealkylation sites (N-methyl/N-ethyl adjacent to an activating group) is 1. The molecule has 1 unspecified atom stereocenters. The normalized spacial score (nSPS) is 16.2. The Hall–Kier alpha value is -2.99. The number of halogens is 1. The van der Waals surface area contributed by atoms with E-state index >= 15 is 0 Å². The van der Waals surface area contributed by atoms with Crippen LogP contribution in [0.15, 0.2) is 53.7 Å². The summed E-state index contributed by atoms with van der Waals surface area (Å²) in [6.07, 6.45) is 0. The van der Waals surface area contributed by atoms with E-state index in [1.165, 1.54) is 4.90 Å². The van der Waals surface area contributed by atoms with Gasteiger partial charge in [0.25, 0.3) is 0 Å². The predicted molar refractivity (Wildman–Crippen MR) is 120 cm³/mol. The van der Waals surface area contributed by atoms with Gasteiger partial charge in [-0.3, -0.25) is 4.90 Å². The molecule has 0 bridgehead atoms. The van der Waals surface area contributed by atoms with Gasteiger partial charge in [0.15, 0.2) is 0 Å². The molecule has 3 rings (SSSR count). The highest BCUT2D eigenvalue weighted by atomic mass is 35.5. The molecule has 0 radical (unpaired) electrons. The van der Waals surface area contributed by atoms with Crippen molar-refractivity contribution in [1.82, 2.24) is 10.2 Å². The molecule has 2 amide bonds. The molecule has 31 heavy (non-hydrogen) atoms. The van der Waals surface area contributed by atoms with Gasteiger partial charge in [-0.1, -0.05) is 35.9 Å². The number of carbonyl (C=O) groups excluding carboxylic acids is 2. The summed E-state index contributed by atoms with van der Waals surface area (Å²) < 4.78 is 11.4. The fraction of sp³-hybridized carbons (Fsp3) is 0.333. The van der Waals surface area contributed by atoms with E-state index in [9.17, 15) is 9.59 Å². The first-order chi connectivity index (χ1) is 14.8. The zero-order valence-corrected chi connectivity index (χ0v) is 19.0. The van der Waals surface area contributed by atoms with Gasteiger partial charge in [0.1, 0.15) is 12.4 Å². The second-order valence-corrected chi connectivity index (χ2v) is 7.75. The minimum atomic E-state index is -0.735. The van der Waals surface area contributed by atoms with Crippen LogP contribution < -0.4 is 10.1 Å². The molecule has 164 valence electrons. The number of hydrogen-bond acceptors (Lipinski definition) is 4. The number of esters is 1. The average Bonchev–Trinajstić information content (AvgIpc) is 2.71. The minimum absolute atomic E-state index is 0.0409. The quantitative estimate of drug-likeness (QED) is 0.617. The molecular formula is C24H27ClN2O4. The summed E-state index contributed by atoms with van der Waals surface area (Å²) in [6.45, 7) is 8.19. The fourth-order valence-electron chi connectivity index (χ4n) is 3.75. The van der Waals surface area contributed by atoms with Crippen LogP contribution in [-0.2, 0) is 9.53 Å². The Morgan fingerprint density at radius 2 is 1.81 bits per heavy atom. The van der Waals surface area contributed by atoms with Crippen LogP contribution in [-0.4, -0.2) is 36.7 Å². The smallest absolute Gasteiger partial charge is 0.338 e. The molecule has 1 aliphatic heterocycles. The van der Waals surface area contributed by atoms with Gasteiger partial charge in [0, 0.05) is 11.6 Å². The molecule has 1 N–H and O–H groups in total. The van der Waals surface area contributed by atoms with Crippen molar-refractivity contribution >= 4 is 23.6 Å². The van der Waals surface area contributed by atoms with E-state index in [4.69, 9.17) is 21.1 Å². The maximum absolute atomic E-state index is 13.0. The number of ether oxygens (including phenoxy) is 2. The number of benzene rings is 2. The lowest BCUT2D eigenvalue weighted by Crippen LogP contribution is -2.49. The first-order valence-corrected chi connectivity index (χ1v) is 10.7. The van der Waals surface area contributed by atoms with Crippen molar-refractivity contribution in [3.63, 3.8) is 0 Å². The van der Waals surface area contributed by atoms with Crippen molar-refractivity contribution in [3.8, 4) is 5.75 Å². The third-order valence-electron chi connectivity index (χ3n) is 5.04. The number of nitrogens with one attached hydrogen (secondary N) is 1. The molecule has 0 spiro atoms. The zero-order valence-electron chi connectivity index (χ0n) is 18.2. The van der Waals surface area contributed by atoms with Gasteiger partial charge in [0.05, 0.1) is 23.9 Å². The number of carbonyl (C=O) groups is 2. The molecule has 1 atom stereocenters. The molecule has 1 heterocycles. The number of hydrogen-bond donors (Lipinski definition) is 1. The van der Waals surface area contributed by atoms with Crippen molar-refractivity contribution in [2.75, 3.05) is 19.8 Å². The summed E-state index contributed by atoms with van der Waals surface area (Å²) in [7, 11) is 0. The summed E-state index contributed by atoms with van der Waals surface area (Å²) >= 11 is 6.41. The minimum Gasteiger partial charge on any atom is -0.487 e. The summed E-state index contributed by atoms with van der Waals surface area (Å²) in [5.74, 6) is 0.162. The molecule has 2 aromatic rings. The second kappa shape index (κ2) is 9.88. The highest BCUT2D eigenvalue weighted by molar-refractivity contribution is 6.31. The fourth-order valence-corrected chi connectivity index (χ4v) is 4.00. The topological polar surface area (TPSA) is 67.9 Å². The summed E-state index contributed by atoms with van der Waals surface area (Å²) in [5.41, 5.74) is 3.55. The lowest BCUT2D eigenvalue weighted by Gasteiger charge is -2.36. The van der Waals surface area contributed by atoms with Gasteiger partial charge < -0.3 is 14.8 Å². The van der Waals surface area contributed by atoms with Gasteiger partial charge in [-0.25, -0.2) is 9.59 Å². The lowest BCUT2D eigenvalue weighted by molar-refractivity contribution is -0.139. The molecule has 0 aromatic heterocycles. The third-order valence-corrected chi connectivity index (χ3v) is 5.38. The van der Waals surface area contributed by atoms with Gasteiger partial charge in [-0.15, -0.1) is 0 Å². The van der Waals surface area contributed by atoms with Crippen LogP contribution in [0.2, 0.25) is 5.02 Å². The van der Waals surface area contributed by atoms with E-state index in [0.717, 1.165) is 11.1 Å². The number of urea groups is 1. The Bertz CT molecular complexity index is 998. The highest BCUT2D eigenvalue weighted by Gasteiger charge is 2.38. The molecule has 0 aliphatic carbocycles. The Morgan fingerprint density at radius 1 is 1.13 bits per heavy atom. The zero-order chi connectivity index (χ0) is 22.5. The standard InChI is InChI=1S/C24H27ClN2O4/c1-5-27-20(14-31-17-12-15(3)11-16(4)13-17)21(23(28)30-6-2)22(26-24(27)29)18-9-7-8-10-19(18)25/h7-13,22H,5-6,14H2,1-4H3,(H,26,29). The van der Waals surface area contributed by atoms with E-state index in [2.05, 4.69) is 11.4 Å². The van der Waals surface area contributed by atoms with Crippen LogP contribution in [0.4, 0.5) is 4.79 Å². The summed E-state index contributed by atoms with van der Waals surface area (Å²) in [5, 5.41) is 3.35. The maximum Gasteiger partial charge on any atom is 0.338 e. The van der Waals surface area contributed by atoms with Gasteiger partial charge in [-0.2, -0.15) is 0 Å². The summed E-state index contributed by atoms with van der Waals surface area (Å²) in [4.78, 5) is 27.4. The molecule has 0 saturated heterocycles. The SMILES string of the molecule is CCOC(=O)C1=C(COc2cc(C)cc(C)c2)N(CC)C(=O)NC1c1ccccc1Cl. The van der Waals surface area contributed by atoms with Gasteiger partial charge in [-0.05, 0) is 62.6 Å². The monoisotopic (exact) mass is 442 g/mol. The van der Waals surface area contributed by atoms with Crippen LogP contribution in [0.3, 0.4) is 0 Å². The largest absolute Gasteiger partial charge is 0.487 e. The molecule has 1 aliphatic rings. The van der Waals surface area contributed by atoms with Crippen molar-refractivity contribution in [2.45, 2.75) is 33.7 Å². The molecule has 0 fully saturated rings. The second-order valence-electron chi connectivity index (χ2n) is 7.34. The van der Waals surface area contributed by atoms with E-state index in [1.54, 1.807) is 25.1 Å².